The Balaban J connectivity index is 0.000000165. The first-order chi connectivity index (χ1) is 53.3. The zero-order chi connectivity index (χ0) is 78.0. The van der Waals surface area contributed by atoms with Crippen LogP contribution in [0.1, 0.15) is 131 Å². The fourth-order valence-corrected chi connectivity index (χ4v) is 15.6. The van der Waals surface area contributed by atoms with Crippen LogP contribution < -0.4 is 0 Å². The van der Waals surface area contributed by atoms with Crippen molar-refractivity contribution in [1.29, 1.82) is 0 Å². The van der Waals surface area contributed by atoms with Crippen LogP contribution in [0, 0.1) is 93.5 Å². The summed E-state index contributed by atoms with van der Waals surface area (Å²) >= 11 is 0. The number of imidazole rings is 2. The van der Waals surface area contributed by atoms with Crippen molar-refractivity contribution < 1.29 is 80.4 Å². The fourth-order valence-electron chi connectivity index (χ4n) is 15.6. The quantitative estimate of drug-likeness (QED) is 0.128. The van der Waals surface area contributed by atoms with Crippen molar-refractivity contribution in [3.05, 3.63) is 376 Å². The molecule has 0 bridgehead atoms. The predicted octanol–water partition coefficient (Wildman–Crippen LogP) is 25.4. The average molecular weight is 2210 g/mol. The van der Waals surface area contributed by atoms with E-state index in [1.165, 1.54) is 123 Å². The first-order valence-corrected chi connectivity index (χ1v) is 38.3. The minimum Gasteiger partial charge on any atom is -0.339 e. The first kappa shape index (κ1) is 87.6. The number of aliphatic imine (C=N–C) groups is 1. The van der Waals surface area contributed by atoms with Gasteiger partial charge in [-0.25, -0.2) is 0 Å². The van der Waals surface area contributed by atoms with E-state index in [0.29, 0.717) is 0 Å². The van der Waals surface area contributed by atoms with E-state index >= 15 is 0 Å². The second-order valence-electron chi connectivity index (χ2n) is 31.8. The Morgan fingerprint density at radius 1 is 0.383 bits per heavy atom. The monoisotopic (exact) mass is 2220 g/mol. The van der Waals surface area contributed by atoms with Crippen molar-refractivity contribution in [3.63, 3.8) is 0 Å². The zero-order valence-corrected chi connectivity index (χ0v) is 78.0. The maximum atomic E-state index is 5.00. The van der Waals surface area contributed by atoms with E-state index in [1.54, 1.807) is 0 Å². The number of nitrogens with zero attached hydrogens (tertiary/aromatic N) is 8. The molecule has 0 spiro atoms. The molecule has 3 aromatic heterocycles. The molecule has 1 aliphatic heterocycles. The normalized spacial score (nSPS) is 12.3. The van der Waals surface area contributed by atoms with Gasteiger partial charge in [0.15, 0.2) is 0 Å². The molecular formula is C103H96Ir4N8-4. The molecule has 588 valence electrons. The Hall–Kier alpha value is -9.79. The summed E-state index contributed by atoms with van der Waals surface area (Å²) in [7, 11) is 1.93. The topological polar surface area (TPSA) is 78.7 Å². The van der Waals surface area contributed by atoms with E-state index in [0.717, 1.165) is 73.5 Å². The summed E-state index contributed by atoms with van der Waals surface area (Å²) in [6.45, 7) is 34.8. The average Bonchev–Trinajstić information content (AvgIpc) is 1.63. The van der Waals surface area contributed by atoms with Gasteiger partial charge in [0.2, 0.25) is 0 Å². The smallest absolute Gasteiger partial charge is 0.137 e. The molecule has 0 fully saturated rings. The van der Waals surface area contributed by atoms with Gasteiger partial charge in [0.05, 0.1) is 29.4 Å². The van der Waals surface area contributed by atoms with E-state index < -0.39 is 0 Å². The van der Waals surface area contributed by atoms with Crippen LogP contribution in [0.5, 0.6) is 0 Å². The van der Waals surface area contributed by atoms with Crippen LogP contribution in [0.15, 0.2) is 273 Å². The molecule has 0 N–H and O–H groups in total. The molecule has 15 aromatic rings. The molecule has 0 amide bonds. The Morgan fingerprint density at radius 2 is 0.939 bits per heavy atom. The molecule has 2 aliphatic rings. The third-order valence-corrected chi connectivity index (χ3v) is 21.1. The number of hydrogen-bond acceptors (Lipinski definition) is 5. The third-order valence-electron chi connectivity index (χ3n) is 21.1. The van der Waals surface area contributed by atoms with Crippen LogP contribution in [0.25, 0.3) is 107 Å². The van der Waals surface area contributed by atoms with Gasteiger partial charge in [0, 0.05) is 123 Å². The van der Waals surface area contributed by atoms with Crippen molar-refractivity contribution in [1.82, 2.24) is 33.9 Å². The van der Waals surface area contributed by atoms with Crippen LogP contribution in [-0.4, -0.2) is 39.6 Å². The maximum Gasteiger partial charge on any atom is 0.137 e. The molecular weight excluding hydrogens is 2120 g/mol. The molecule has 12 heteroatoms. The molecule has 1 unspecified atom stereocenters. The largest absolute Gasteiger partial charge is 0.339 e. The summed E-state index contributed by atoms with van der Waals surface area (Å²) in [4.78, 5) is 19.0. The molecule has 8 nitrogen and oxygen atoms in total. The fraction of sp³-hybridized carbons (Fsp3) is 0.194. The van der Waals surface area contributed by atoms with Crippen molar-refractivity contribution in [2.75, 3.05) is 0 Å². The summed E-state index contributed by atoms with van der Waals surface area (Å²) in [6, 6.07) is 99.3. The summed E-state index contributed by atoms with van der Waals surface area (Å²) in [5, 5.41) is 4.43. The molecule has 1 aliphatic carbocycles. The Morgan fingerprint density at radius 3 is 1.50 bits per heavy atom. The predicted molar refractivity (Wildman–Crippen MR) is 462 cm³/mol. The van der Waals surface area contributed by atoms with Crippen LogP contribution in [0.2, 0.25) is 0 Å². The number of allylic oxidation sites excluding steroid dienone is 1. The second-order valence-corrected chi connectivity index (χ2v) is 31.8. The van der Waals surface area contributed by atoms with Crippen LogP contribution in [0.4, 0.5) is 0 Å². The summed E-state index contributed by atoms with van der Waals surface area (Å²) in [6.07, 6.45) is 8.15. The van der Waals surface area contributed by atoms with Crippen molar-refractivity contribution >= 4 is 11.3 Å². The van der Waals surface area contributed by atoms with Crippen molar-refractivity contribution in [3.8, 4) is 101 Å². The molecule has 17 rings (SSSR count). The van der Waals surface area contributed by atoms with Gasteiger partial charge < -0.3 is 14.1 Å². The standard InChI is InChI=1S/C36H38N3.C25H23N2.C25H20N.C17H15N2.4Ir/c1-24-37-34(39(8)38-24)28-11-9-10-27(20-28)31-22-29(25-12-16-32(17-13-25)35(2,3)4)21-30(23-31)26-14-18-33(19-15-26)36(5,6)7;1-17-9-8-12-22(15-17)23-16-27(24-19(3)13-18(2)14-20(24)4)25(26-23)21-10-6-5-7-11-21;1-15-11-12-19-21(13-15)18-9-4-5-10-20(18)25-24(19)22(14-26-25)23-16(2)7-6-8-17(23)3;1-13-7-6-8-14(2)17(13)19-11-16(18-12-19)15-9-4-3-5-10-15;;;;/h9-10,12-23H,1-8H3;5-10,12-16H,1-4H3;4-9,11-14,24H,1-3H3;3-9,11-12H,1-2H3;;;;/q4*-1;;;;. The first-order valence-electron chi connectivity index (χ1n) is 38.3. The third kappa shape index (κ3) is 19.5. The summed E-state index contributed by atoms with van der Waals surface area (Å²) in [5.41, 5.74) is 38.7. The van der Waals surface area contributed by atoms with Gasteiger partial charge in [-0.1, -0.05) is 203 Å². The van der Waals surface area contributed by atoms with E-state index in [-0.39, 0.29) is 97.2 Å². The Kier molecular flexibility index (Phi) is 28.5. The van der Waals surface area contributed by atoms with Gasteiger partial charge in [-0.05, 0) is 205 Å². The number of aryl methyl sites for hydroxylation is 11. The van der Waals surface area contributed by atoms with E-state index in [2.05, 4.69) is 359 Å². The minimum absolute atomic E-state index is 0. The number of fused-ring (bicyclic) bond motifs is 6. The van der Waals surface area contributed by atoms with Gasteiger partial charge in [-0.3, -0.25) is 19.6 Å². The molecule has 4 heterocycles. The molecule has 1 atom stereocenters. The molecule has 115 heavy (non-hydrogen) atoms. The van der Waals surface area contributed by atoms with Gasteiger partial charge in [0.25, 0.3) is 0 Å². The van der Waals surface area contributed by atoms with E-state index in [1.807, 2.05) is 79.6 Å². The number of para-hydroxylation sites is 1. The molecule has 4 radical (unpaired) electrons. The van der Waals surface area contributed by atoms with E-state index in [9.17, 15) is 0 Å². The van der Waals surface area contributed by atoms with Crippen LogP contribution >= 0.6 is 0 Å². The number of aromatic nitrogens is 7. The van der Waals surface area contributed by atoms with E-state index in [4.69, 9.17) is 9.98 Å². The summed E-state index contributed by atoms with van der Waals surface area (Å²) in [5.74, 6) is 2.69. The Labute approximate surface area is 735 Å². The SMILES string of the molecule is Cc1ccc2c(c1)-c1ccc[c-]c1C1=NC=C(c3c(C)cccc3C)C12.Cc1cccc(-c2cn(-c3c(C)cc(C)cc3C)c(-c3[c-]cccc3)n2)c1.Cc1cccc(C)c1-n1cnc(-c2[c-]cccc2)c1.Cc1nc(-c2[c-]ccc(-c3cc(-c4ccc(C(C)(C)C)cc4)cc(-c4ccc(C(C)(C)C)cc4)c3)c2)n(C)n1.[Ir].[Ir].[Ir].[Ir]. The van der Waals surface area contributed by atoms with Crippen LogP contribution in [0.3, 0.4) is 0 Å². The summed E-state index contributed by atoms with van der Waals surface area (Å²) < 4.78 is 6.12. The Bertz CT molecular complexity index is 5850. The van der Waals surface area contributed by atoms with Gasteiger partial charge in [-0.15, -0.1) is 137 Å². The van der Waals surface area contributed by atoms with Crippen molar-refractivity contribution in [2.24, 2.45) is 12.0 Å². The number of benzene rings is 12. The minimum atomic E-state index is 0. The van der Waals surface area contributed by atoms with Crippen LogP contribution in [-0.2, 0) is 98.3 Å². The van der Waals surface area contributed by atoms with Gasteiger partial charge in [0.1, 0.15) is 5.82 Å². The number of hydrogen-bond donors (Lipinski definition) is 0. The maximum absolute atomic E-state index is 5.00. The van der Waals surface area contributed by atoms with Gasteiger partial charge >= 0.3 is 0 Å². The van der Waals surface area contributed by atoms with Crippen molar-refractivity contribution in [2.45, 2.75) is 128 Å². The number of rotatable bonds is 10. The zero-order valence-electron chi connectivity index (χ0n) is 68.4. The second kappa shape index (κ2) is 37.4. The molecule has 12 aromatic carbocycles. The molecule has 0 saturated heterocycles. The van der Waals surface area contributed by atoms with Gasteiger partial charge in [-0.2, -0.15) is 5.10 Å². The molecule has 0 saturated carbocycles.